The molecule has 0 bridgehead atoms. The van der Waals surface area contributed by atoms with Gasteiger partial charge in [-0.15, -0.1) is 11.3 Å². The van der Waals surface area contributed by atoms with Crippen LogP contribution in [-0.4, -0.2) is 5.11 Å². The molecule has 0 unspecified atom stereocenters. The van der Waals surface area contributed by atoms with Crippen molar-refractivity contribution in [3.63, 3.8) is 0 Å². The van der Waals surface area contributed by atoms with Crippen molar-refractivity contribution < 1.29 is 5.11 Å². The first kappa shape index (κ1) is 9.66. The summed E-state index contributed by atoms with van der Waals surface area (Å²) in [6, 6.07) is 7.72. The predicted octanol–water partition coefficient (Wildman–Crippen LogP) is 3.03. The first-order chi connectivity index (χ1) is 6.77. The van der Waals surface area contributed by atoms with E-state index in [4.69, 9.17) is 10.4 Å². The zero-order valence-corrected chi connectivity index (χ0v) is 9.52. The molecular formula is C10H6BrNOS. The maximum atomic E-state index is 9.08. The van der Waals surface area contributed by atoms with Crippen LogP contribution < -0.4 is 0 Å². The zero-order valence-electron chi connectivity index (χ0n) is 7.12. The summed E-state index contributed by atoms with van der Waals surface area (Å²) >= 11 is 4.91. The Morgan fingerprint density at radius 3 is 2.93 bits per heavy atom. The Morgan fingerprint density at radius 1 is 1.50 bits per heavy atom. The minimum atomic E-state index is 0.00476. The van der Waals surface area contributed by atoms with E-state index in [2.05, 4.69) is 22.0 Å². The lowest BCUT2D eigenvalue weighted by Crippen LogP contribution is -1.78. The molecule has 2 rings (SSSR count). The lowest BCUT2D eigenvalue weighted by Gasteiger charge is -1.93. The van der Waals surface area contributed by atoms with Crippen molar-refractivity contribution in [1.29, 1.82) is 5.26 Å². The quantitative estimate of drug-likeness (QED) is 0.863. The van der Waals surface area contributed by atoms with E-state index in [1.807, 2.05) is 12.1 Å². The average molecular weight is 268 g/mol. The van der Waals surface area contributed by atoms with Crippen LogP contribution in [0.1, 0.15) is 10.4 Å². The molecule has 1 aromatic heterocycles. The Hall–Kier alpha value is -0.890. The number of aliphatic hydroxyl groups excluding tert-OH is 1. The highest BCUT2D eigenvalue weighted by Gasteiger charge is 2.11. The van der Waals surface area contributed by atoms with E-state index in [0.717, 1.165) is 19.4 Å². The second-order valence-electron chi connectivity index (χ2n) is 2.79. The van der Waals surface area contributed by atoms with Crippen LogP contribution in [0.3, 0.4) is 0 Å². The second kappa shape index (κ2) is 3.70. The van der Waals surface area contributed by atoms with Gasteiger partial charge in [0.2, 0.25) is 0 Å². The first-order valence-corrected chi connectivity index (χ1v) is 5.59. The molecule has 70 valence electrons. The Kier molecular flexibility index (Phi) is 2.55. The fraction of sp³-hybridized carbons (Fsp3) is 0.100. The molecule has 0 spiro atoms. The predicted molar refractivity (Wildman–Crippen MR) is 60.2 cm³/mol. The summed E-state index contributed by atoms with van der Waals surface area (Å²) in [4.78, 5) is 0.864. The van der Waals surface area contributed by atoms with Gasteiger partial charge in [0.15, 0.2) is 0 Å². The van der Waals surface area contributed by atoms with Crippen molar-refractivity contribution in [2.24, 2.45) is 0 Å². The molecule has 0 radical (unpaired) electrons. The van der Waals surface area contributed by atoms with Gasteiger partial charge in [0.1, 0.15) is 0 Å². The van der Waals surface area contributed by atoms with Gasteiger partial charge in [-0.05, 0) is 28.1 Å². The molecule has 0 saturated carbocycles. The Morgan fingerprint density at radius 2 is 2.29 bits per heavy atom. The Labute approximate surface area is 93.5 Å². The van der Waals surface area contributed by atoms with Crippen LogP contribution in [0.4, 0.5) is 0 Å². The number of hydrogen-bond acceptors (Lipinski definition) is 3. The van der Waals surface area contributed by atoms with Crippen molar-refractivity contribution in [2.75, 3.05) is 0 Å². The van der Waals surface area contributed by atoms with Crippen molar-refractivity contribution in [3.8, 4) is 6.07 Å². The SMILES string of the molecule is N#Cc1cccc2sc(CO)c(Br)c12. The van der Waals surface area contributed by atoms with Crippen molar-refractivity contribution in [3.05, 3.63) is 33.1 Å². The average Bonchev–Trinajstić information content (AvgIpc) is 2.55. The molecular weight excluding hydrogens is 262 g/mol. The summed E-state index contributed by atoms with van der Waals surface area (Å²) in [6.07, 6.45) is 0. The minimum Gasteiger partial charge on any atom is -0.391 e. The molecule has 2 nitrogen and oxygen atoms in total. The standard InChI is InChI=1S/C10H6BrNOS/c11-10-8(5-13)14-7-3-1-2-6(4-12)9(7)10/h1-3,13H,5H2. The molecule has 0 aliphatic heterocycles. The van der Waals surface area contributed by atoms with E-state index in [9.17, 15) is 0 Å². The molecule has 4 heteroatoms. The van der Waals surface area contributed by atoms with E-state index in [-0.39, 0.29) is 6.61 Å². The maximum absolute atomic E-state index is 9.08. The van der Waals surface area contributed by atoms with Gasteiger partial charge >= 0.3 is 0 Å². The number of nitrogens with zero attached hydrogens (tertiary/aromatic N) is 1. The van der Waals surface area contributed by atoms with Crippen LogP contribution in [0.2, 0.25) is 0 Å². The summed E-state index contributed by atoms with van der Waals surface area (Å²) in [6.45, 7) is 0.00476. The van der Waals surface area contributed by atoms with Crippen LogP contribution in [-0.2, 0) is 6.61 Å². The smallest absolute Gasteiger partial charge is 0.0998 e. The van der Waals surface area contributed by atoms with Crippen LogP contribution >= 0.6 is 27.3 Å². The molecule has 2 aromatic rings. The number of rotatable bonds is 1. The number of nitriles is 1. The molecule has 14 heavy (non-hydrogen) atoms. The normalized spacial score (nSPS) is 10.4. The third-order valence-electron chi connectivity index (χ3n) is 1.99. The van der Waals surface area contributed by atoms with Gasteiger partial charge in [-0.25, -0.2) is 0 Å². The topological polar surface area (TPSA) is 44.0 Å². The summed E-state index contributed by atoms with van der Waals surface area (Å²) in [5.41, 5.74) is 0.644. The molecule has 0 atom stereocenters. The molecule has 0 saturated heterocycles. The molecule has 1 heterocycles. The summed E-state index contributed by atoms with van der Waals surface area (Å²) in [5, 5.41) is 18.9. The van der Waals surface area contributed by atoms with E-state index in [1.165, 1.54) is 11.3 Å². The lowest BCUT2D eigenvalue weighted by atomic mass is 10.1. The summed E-state index contributed by atoms with van der Waals surface area (Å²) in [5.74, 6) is 0. The first-order valence-electron chi connectivity index (χ1n) is 3.98. The van der Waals surface area contributed by atoms with Gasteiger partial charge in [0.05, 0.1) is 18.2 Å². The monoisotopic (exact) mass is 267 g/mol. The Balaban J connectivity index is 2.87. The largest absolute Gasteiger partial charge is 0.391 e. The van der Waals surface area contributed by atoms with Crippen molar-refractivity contribution in [1.82, 2.24) is 0 Å². The van der Waals surface area contributed by atoms with Crippen LogP contribution in [0.15, 0.2) is 22.7 Å². The number of thiophene rings is 1. The molecule has 0 aliphatic carbocycles. The minimum absolute atomic E-state index is 0.00476. The van der Waals surface area contributed by atoms with Crippen LogP contribution in [0.25, 0.3) is 10.1 Å². The maximum Gasteiger partial charge on any atom is 0.0998 e. The number of halogens is 1. The van der Waals surface area contributed by atoms with E-state index in [1.54, 1.807) is 6.07 Å². The van der Waals surface area contributed by atoms with Gasteiger partial charge in [0, 0.05) is 19.4 Å². The molecule has 1 aromatic carbocycles. The van der Waals surface area contributed by atoms with Crippen molar-refractivity contribution >= 4 is 37.4 Å². The number of benzene rings is 1. The van der Waals surface area contributed by atoms with Crippen molar-refractivity contribution in [2.45, 2.75) is 6.61 Å². The van der Waals surface area contributed by atoms with E-state index >= 15 is 0 Å². The molecule has 0 fully saturated rings. The highest BCUT2D eigenvalue weighted by Crippen LogP contribution is 2.37. The summed E-state index contributed by atoms with van der Waals surface area (Å²) in [7, 11) is 0. The lowest BCUT2D eigenvalue weighted by molar-refractivity contribution is 0.285. The van der Waals surface area contributed by atoms with Gasteiger partial charge in [-0.3, -0.25) is 0 Å². The highest BCUT2D eigenvalue weighted by molar-refractivity contribution is 9.10. The second-order valence-corrected chi connectivity index (χ2v) is 4.72. The fourth-order valence-corrected chi connectivity index (χ4v) is 3.26. The third kappa shape index (κ3) is 1.34. The molecule has 1 N–H and O–H groups in total. The van der Waals surface area contributed by atoms with Crippen LogP contribution in [0.5, 0.6) is 0 Å². The molecule has 0 aliphatic rings. The van der Waals surface area contributed by atoms with Gasteiger partial charge in [0.25, 0.3) is 0 Å². The summed E-state index contributed by atoms with van der Waals surface area (Å²) < 4.78 is 1.87. The highest BCUT2D eigenvalue weighted by atomic mass is 79.9. The third-order valence-corrected chi connectivity index (χ3v) is 4.27. The zero-order chi connectivity index (χ0) is 10.1. The molecule has 0 amide bonds. The van der Waals surface area contributed by atoms with E-state index < -0.39 is 0 Å². The number of aliphatic hydroxyl groups is 1. The fourth-order valence-electron chi connectivity index (χ4n) is 1.35. The van der Waals surface area contributed by atoms with Gasteiger partial charge in [-0.2, -0.15) is 5.26 Å². The Bertz CT molecular complexity index is 527. The number of fused-ring (bicyclic) bond motifs is 1. The number of hydrogen-bond donors (Lipinski definition) is 1. The van der Waals surface area contributed by atoms with Crippen LogP contribution in [0, 0.1) is 11.3 Å². The van der Waals surface area contributed by atoms with E-state index in [0.29, 0.717) is 5.56 Å². The van der Waals surface area contributed by atoms with Gasteiger partial charge in [-0.1, -0.05) is 6.07 Å². The van der Waals surface area contributed by atoms with Gasteiger partial charge < -0.3 is 5.11 Å².